The summed E-state index contributed by atoms with van der Waals surface area (Å²) in [5, 5.41) is 12.9. The summed E-state index contributed by atoms with van der Waals surface area (Å²) in [4.78, 5) is 27.3. The molecular weight excluding hydrogens is 545 g/mol. The van der Waals surface area contributed by atoms with Crippen molar-refractivity contribution in [2.45, 2.75) is 55.5 Å². The number of anilines is 1. The molecule has 2 heterocycles. The number of hydrogen-bond donors (Lipinski definition) is 2. The minimum Gasteiger partial charge on any atom is -0.508 e. The van der Waals surface area contributed by atoms with Crippen molar-refractivity contribution in [3.8, 4) is 5.75 Å². The SMILES string of the molecule is CC(=O)N1CCC2(CC1)c1cc(C(=O)NCc3ccccc3O)ccc1N(S(=O)(=O)c1ccc(F)cc1)C2C1CC1. The van der Waals surface area contributed by atoms with Gasteiger partial charge in [0.25, 0.3) is 15.9 Å². The number of likely N-dealkylation sites (tertiary alicyclic amines) is 1. The first-order valence-corrected chi connectivity index (χ1v) is 15.3. The van der Waals surface area contributed by atoms with Gasteiger partial charge < -0.3 is 15.3 Å². The number of carbonyl (C=O) groups excluding carboxylic acids is 2. The fourth-order valence-electron chi connectivity index (χ4n) is 6.58. The fraction of sp³-hybridized carbons (Fsp3) is 0.355. The average molecular weight is 578 g/mol. The predicted octanol–water partition coefficient (Wildman–Crippen LogP) is 4.33. The molecular formula is C31H32FN3O5S. The smallest absolute Gasteiger partial charge is 0.264 e. The number of phenolic OH excluding ortho intramolecular Hbond substituents is 1. The van der Waals surface area contributed by atoms with Crippen LogP contribution in [-0.2, 0) is 26.8 Å². The van der Waals surface area contributed by atoms with Gasteiger partial charge in [-0.05, 0) is 85.7 Å². The van der Waals surface area contributed by atoms with E-state index in [9.17, 15) is 27.5 Å². The van der Waals surface area contributed by atoms with Gasteiger partial charge in [-0.1, -0.05) is 18.2 Å². The number of rotatable bonds is 6. The van der Waals surface area contributed by atoms with E-state index in [0.29, 0.717) is 42.7 Å². The van der Waals surface area contributed by atoms with Crippen molar-refractivity contribution >= 4 is 27.5 Å². The molecule has 0 bridgehead atoms. The Morgan fingerprint density at radius 2 is 1.71 bits per heavy atom. The van der Waals surface area contributed by atoms with Gasteiger partial charge in [-0.2, -0.15) is 0 Å². The van der Waals surface area contributed by atoms with Crippen LogP contribution < -0.4 is 9.62 Å². The van der Waals surface area contributed by atoms with Gasteiger partial charge >= 0.3 is 0 Å². The van der Waals surface area contributed by atoms with Crippen LogP contribution in [0.4, 0.5) is 10.1 Å². The van der Waals surface area contributed by atoms with E-state index in [-0.39, 0.29) is 41.0 Å². The minimum absolute atomic E-state index is 0.0122. The van der Waals surface area contributed by atoms with Gasteiger partial charge in [0.1, 0.15) is 11.6 Å². The summed E-state index contributed by atoms with van der Waals surface area (Å²) >= 11 is 0. The van der Waals surface area contributed by atoms with E-state index in [0.717, 1.165) is 30.5 Å². The summed E-state index contributed by atoms with van der Waals surface area (Å²) in [6.45, 7) is 2.66. The maximum Gasteiger partial charge on any atom is 0.264 e. The summed E-state index contributed by atoms with van der Waals surface area (Å²) < 4.78 is 43.6. The molecule has 1 saturated heterocycles. The van der Waals surface area contributed by atoms with Crippen molar-refractivity contribution < 1.29 is 27.5 Å². The second-order valence-electron chi connectivity index (χ2n) is 11.2. The van der Waals surface area contributed by atoms with Gasteiger partial charge in [0, 0.05) is 43.1 Å². The zero-order valence-electron chi connectivity index (χ0n) is 22.7. The number of piperidine rings is 1. The Morgan fingerprint density at radius 3 is 2.34 bits per heavy atom. The van der Waals surface area contributed by atoms with E-state index < -0.39 is 21.3 Å². The normalized spacial score (nSPS) is 19.7. The Balaban J connectivity index is 1.42. The molecule has 2 amide bonds. The molecule has 3 aromatic carbocycles. The third-order valence-electron chi connectivity index (χ3n) is 8.82. The van der Waals surface area contributed by atoms with Crippen molar-refractivity contribution in [2.75, 3.05) is 17.4 Å². The minimum atomic E-state index is -4.05. The molecule has 6 rings (SSSR count). The first kappa shape index (κ1) is 27.3. The number of carbonyl (C=O) groups is 2. The van der Waals surface area contributed by atoms with E-state index >= 15 is 0 Å². The molecule has 41 heavy (non-hydrogen) atoms. The number of benzene rings is 3. The van der Waals surface area contributed by atoms with Crippen LogP contribution in [0.2, 0.25) is 0 Å². The number of hydrogen-bond acceptors (Lipinski definition) is 5. The van der Waals surface area contributed by atoms with Crippen LogP contribution in [-0.4, -0.2) is 49.4 Å². The molecule has 0 aromatic heterocycles. The highest BCUT2D eigenvalue weighted by Gasteiger charge is 2.60. The van der Waals surface area contributed by atoms with Gasteiger partial charge in [0.15, 0.2) is 0 Å². The van der Waals surface area contributed by atoms with Crippen LogP contribution in [0.5, 0.6) is 5.75 Å². The maximum atomic E-state index is 14.2. The van der Waals surface area contributed by atoms with E-state index in [1.165, 1.54) is 23.4 Å². The third-order valence-corrected chi connectivity index (χ3v) is 10.6. The quantitative estimate of drug-likeness (QED) is 0.454. The molecule has 8 nitrogen and oxygen atoms in total. The Bertz CT molecular complexity index is 1610. The lowest BCUT2D eigenvalue weighted by atomic mass is 9.68. The number of halogens is 1. The first-order chi connectivity index (χ1) is 19.6. The summed E-state index contributed by atoms with van der Waals surface area (Å²) in [7, 11) is -4.05. The fourth-order valence-corrected chi connectivity index (χ4v) is 8.38. The topological polar surface area (TPSA) is 107 Å². The Hall–Kier alpha value is -3.92. The zero-order valence-corrected chi connectivity index (χ0v) is 23.5. The van der Waals surface area contributed by atoms with E-state index in [2.05, 4.69) is 5.32 Å². The highest BCUT2D eigenvalue weighted by molar-refractivity contribution is 7.92. The molecule has 2 N–H and O–H groups in total. The second-order valence-corrected chi connectivity index (χ2v) is 13.1. The highest BCUT2D eigenvalue weighted by Crippen LogP contribution is 2.59. The largest absolute Gasteiger partial charge is 0.508 e. The van der Waals surface area contributed by atoms with Crippen LogP contribution in [0, 0.1) is 11.7 Å². The number of nitrogens with zero attached hydrogens (tertiary/aromatic N) is 2. The van der Waals surface area contributed by atoms with Gasteiger partial charge in [-0.25, -0.2) is 12.8 Å². The predicted molar refractivity (Wildman–Crippen MR) is 151 cm³/mol. The van der Waals surface area contributed by atoms with Gasteiger partial charge in [0.2, 0.25) is 5.91 Å². The number of para-hydroxylation sites is 1. The van der Waals surface area contributed by atoms with Gasteiger partial charge in [-0.15, -0.1) is 0 Å². The highest BCUT2D eigenvalue weighted by atomic mass is 32.2. The number of amides is 2. The number of nitrogens with one attached hydrogen (secondary N) is 1. The van der Waals surface area contributed by atoms with Crippen LogP contribution in [0.25, 0.3) is 0 Å². The Morgan fingerprint density at radius 1 is 1.02 bits per heavy atom. The van der Waals surface area contributed by atoms with Crippen molar-refractivity contribution in [3.05, 3.63) is 89.2 Å². The summed E-state index contributed by atoms with van der Waals surface area (Å²) in [5.74, 6) is -0.645. The summed E-state index contributed by atoms with van der Waals surface area (Å²) in [6.07, 6.45) is 2.92. The van der Waals surface area contributed by atoms with Crippen molar-refractivity contribution in [2.24, 2.45) is 5.92 Å². The molecule has 3 aliphatic rings. The lowest BCUT2D eigenvalue weighted by Crippen LogP contribution is -2.54. The Kier molecular flexibility index (Phi) is 6.76. The average Bonchev–Trinajstić information content (AvgIpc) is 3.76. The third kappa shape index (κ3) is 4.73. The molecule has 1 aliphatic carbocycles. The Labute approximate surface area is 238 Å². The molecule has 2 aliphatic heterocycles. The van der Waals surface area contributed by atoms with Crippen molar-refractivity contribution in [1.29, 1.82) is 0 Å². The van der Waals surface area contributed by atoms with Crippen LogP contribution in [0.3, 0.4) is 0 Å². The van der Waals surface area contributed by atoms with Gasteiger partial charge in [-0.3, -0.25) is 13.9 Å². The number of aromatic hydroxyl groups is 1. The molecule has 1 atom stereocenters. The van der Waals surface area contributed by atoms with Crippen molar-refractivity contribution in [1.82, 2.24) is 10.2 Å². The molecule has 2 fully saturated rings. The summed E-state index contributed by atoms with van der Waals surface area (Å²) in [5.41, 5.74) is 1.71. The molecule has 10 heteroatoms. The standard InChI is InChI=1S/C31H32FN3O5S/c1-20(36)34-16-14-31(15-17-34)26-18-22(30(38)33-19-23-4-2-3-5-28(23)37)8-13-27(26)35(29(31)21-6-7-21)41(39,40)25-11-9-24(32)10-12-25/h2-5,8-13,18,21,29,37H,6-7,14-17,19H2,1H3,(H,33,38). The van der Waals surface area contributed by atoms with E-state index in [1.807, 2.05) is 0 Å². The second kappa shape index (κ2) is 10.2. The van der Waals surface area contributed by atoms with Crippen LogP contribution in [0.1, 0.15) is 54.1 Å². The maximum absolute atomic E-state index is 14.2. The molecule has 1 saturated carbocycles. The lowest BCUT2D eigenvalue weighted by molar-refractivity contribution is -0.130. The van der Waals surface area contributed by atoms with Crippen molar-refractivity contribution in [3.63, 3.8) is 0 Å². The van der Waals surface area contributed by atoms with E-state index in [4.69, 9.17) is 0 Å². The number of sulfonamides is 1. The molecule has 0 radical (unpaired) electrons. The van der Waals surface area contributed by atoms with Crippen LogP contribution >= 0.6 is 0 Å². The summed E-state index contributed by atoms with van der Waals surface area (Å²) in [6, 6.07) is 16.4. The molecule has 1 spiro atoms. The number of phenols is 1. The van der Waals surface area contributed by atoms with E-state index in [1.54, 1.807) is 47.4 Å². The first-order valence-electron chi connectivity index (χ1n) is 13.9. The number of fused-ring (bicyclic) bond motifs is 2. The van der Waals surface area contributed by atoms with Gasteiger partial charge in [0.05, 0.1) is 16.6 Å². The lowest BCUT2D eigenvalue weighted by Gasteiger charge is -2.45. The molecule has 1 unspecified atom stereocenters. The zero-order chi connectivity index (χ0) is 28.9. The monoisotopic (exact) mass is 577 g/mol. The molecule has 3 aromatic rings. The van der Waals surface area contributed by atoms with Crippen LogP contribution in [0.15, 0.2) is 71.6 Å². The molecule has 214 valence electrons.